The van der Waals surface area contributed by atoms with Crippen molar-refractivity contribution in [3.05, 3.63) is 22.7 Å². The average Bonchev–Trinajstić information content (AvgIpc) is 2.30. The Bertz CT molecular complexity index is 376. The molecular formula is C12H16ClNO2. The molecule has 0 spiro atoms. The molecule has 0 radical (unpaired) electrons. The summed E-state index contributed by atoms with van der Waals surface area (Å²) in [5.74, 6) is 1.00. The van der Waals surface area contributed by atoms with Gasteiger partial charge in [-0.05, 0) is 36.9 Å². The Hall–Kier alpha value is -0.930. The third-order valence-electron chi connectivity index (χ3n) is 3.03. The molecule has 1 aromatic carbocycles. The van der Waals surface area contributed by atoms with Crippen molar-refractivity contribution in [3.8, 4) is 11.5 Å². The van der Waals surface area contributed by atoms with Gasteiger partial charge >= 0.3 is 0 Å². The fourth-order valence-electron chi connectivity index (χ4n) is 2.15. The largest absolute Gasteiger partial charge is 0.504 e. The quantitative estimate of drug-likeness (QED) is 0.836. The Labute approximate surface area is 100 Å². The van der Waals surface area contributed by atoms with Crippen molar-refractivity contribution < 1.29 is 9.84 Å². The predicted octanol–water partition coefficient (Wildman–Crippen LogP) is 2.52. The van der Waals surface area contributed by atoms with Crippen molar-refractivity contribution in [2.75, 3.05) is 20.2 Å². The molecule has 1 fully saturated rings. The van der Waals surface area contributed by atoms with E-state index in [1.54, 1.807) is 13.2 Å². The number of piperidine rings is 1. The van der Waals surface area contributed by atoms with Crippen LogP contribution in [0.1, 0.15) is 24.3 Å². The third kappa shape index (κ3) is 2.25. The Morgan fingerprint density at radius 2 is 2.31 bits per heavy atom. The molecule has 1 aliphatic heterocycles. The first-order chi connectivity index (χ1) is 7.72. The number of aromatic hydroxyl groups is 1. The van der Waals surface area contributed by atoms with E-state index in [1.165, 1.54) is 0 Å². The maximum atomic E-state index is 9.59. The van der Waals surface area contributed by atoms with Gasteiger partial charge in [0.25, 0.3) is 0 Å². The van der Waals surface area contributed by atoms with Gasteiger partial charge in [0, 0.05) is 17.6 Å². The van der Waals surface area contributed by atoms with Gasteiger partial charge in [0.2, 0.25) is 0 Å². The number of hydrogen-bond donors (Lipinski definition) is 2. The number of ether oxygens (including phenoxy) is 1. The molecule has 88 valence electrons. The van der Waals surface area contributed by atoms with Crippen LogP contribution in [0.2, 0.25) is 5.02 Å². The zero-order valence-electron chi connectivity index (χ0n) is 9.29. The van der Waals surface area contributed by atoms with Crippen LogP contribution in [-0.2, 0) is 0 Å². The highest BCUT2D eigenvalue weighted by Crippen LogP contribution is 2.37. The first-order valence-electron chi connectivity index (χ1n) is 5.49. The second-order valence-electron chi connectivity index (χ2n) is 4.09. The molecule has 1 unspecified atom stereocenters. The topological polar surface area (TPSA) is 41.5 Å². The molecule has 0 amide bonds. The number of hydrogen-bond acceptors (Lipinski definition) is 3. The lowest BCUT2D eigenvalue weighted by molar-refractivity contribution is 0.371. The molecular weight excluding hydrogens is 226 g/mol. The SMILES string of the molecule is COc1cc(C2CCCNC2)c(Cl)cc1O. The Kier molecular flexibility index (Phi) is 3.56. The molecule has 1 atom stereocenters. The minimum atomic E-state index is 0.0972. The molecule has 1 saturated heterocycles. The lowest BCUT2D eigenvalue weighted by Gasteiger charge is -2.24. The van der Waals surface area contributed by atoms with Crippen LogP contribution < -0.4 is 10.1 Å². The van der Waals surface area contributed by atoms with Crippen molar-refractivity contribution in [2.45, 2.75) is 18.8 Å². The van der Waals surface area contributed by atoms with Crippen LogP contribution in [0.5, 0.6) is 11.5 Å². The summed E-state index contributed by atoms with van der Waals surface area (Å²) < 4.78 is 5.10. The molecule has 1 heterocycles. The molecule has 0 aromatic heterocycles. The zero-order chi connectivity index (χ0) is 11.5. The molecule has 1 aromatic rings. The van der Waals surface area contributed by atoms with Crippen LogP contribution in [0.3, 0.4) is 0 Å². The molecule has 0 saturated carbocycles. The van der Waals surface area contributed by atoms with E-state index in [1.807, 2.05) is 6.07 Å². The zero-order valence-corrected chi connectivity index (χ0v) is 10.0. The second kappa shape index (κ2) is 4.93. The average molecular weight is 242 g/mol. The fourth-order valence-corrected chi connectivity index (χ4v) is 2.46. The highest BCUT2D eigenvalue weighted by atomic mass is 35.5. The number of methoxy groups -OCH3 is 1. The molecule has 2 N–H and O–H groups in total. The van der Waals surface area contributed by atoms with Crippen molar-refractivity contribution >= 4 is 11.6 Å². The fraction of sp³-hybridized carbons (Fsp3) is 0.500. The van der Waals surface area contributed by atoms with E-state index in [0.717, 1.165) is 31.5 Å². The van der Waals surface area contributed by atoms with E-state index in [4.69, 9.17) is 16.3 Å². The van der Waals surface area contributed by atoms with E-state index in [2.05, 4.69) is 5.32 Å². The lowest BCUT2D eigenvalue weighted by Crippen LogP contribution is -2.28. The summed E-state index contributed by atoms with van der Waals surface area (Å²) in [6, 6.07) is 3.40. The first-order valence-corrected chi connectivity index (χ1v) is 5.87. The summed E-state index contributed by atoms with van der Waals surface area (Å²) in [5.41, 5.74) is 1.06. The van der Waals surface area contributed by atoms with E-state index >= 15 is 0 Å². The number of benzene rings is 1. The van der Waals surface area contributed by atoms with Crippen LogP contribution in [0, 0.1) is 0 Å². The smallest absolute Gasteiger partial charge is 0.160 e. The summed E-state index contributed by atoms with van der Waals surface area (Å²) in [6.07, 6.45) is 2.28. The van der Waals surface area contributed by atoms with Crippen LogP contribution in [0.15, 0.2) is 12.1 Å². The Balaban J connectivity index is 2.31. The summed E-state index contributed by atoms with van der Waals surface area (Å²) in [7, 11) is 1.55. The third-order valence-corrected chi connectivity index (χ3v) is 3.36. The van der Waals surface area contributed by atoms with Gasteiger partial charge in [-0.2, -0.15) is 0 Å². The van der Waals surface area contributed by atoms with Crippen LogP contribution in [0.25, 0.3) is 0 Å². The standard InChI is InChI=1S/C12H16ClNO2/c1-16-12-5-9(10(13)6-11(12)15)8-3-2-4-14-7-8/h5-6,8,14-15H,2-4,7H2,1H3. The van der Waals surface area contributed by atoms with Gasteiger partial charge in [0.15, 0.2) is 11.5 Å². The number of halogens is 1. The van der Waals surface area contributed by atoms with Gasteiger partial charge in [-0.1, -0.05) is 11.6 Å². The van der Waals surface area contributed by atoms with E-state index in [9.17, 15) is 5.11 Å². The first kappa shape index (κ1) is 11.6. The van der Waals surface area contributed by atoms with Gasteiger partial charge in [0.05, 0.1) is 7.11 Å². The van der Waals surface area contributed by atoms with Gasteiger partial charge in [-0.25, -0.2) is 0 Å². The maximum absolute atomic E-state index is 9.59. The minimum absolute atomic E-state index is 0.0972. The van der Waals surface area contributed by atoms with Crippen LogP contribution in [0.4, 0.5) is 0 Å². The van der Waals surface area contributed by atoms with Crippen LogP contribution in [-0.4, -0.2) is 25.3 Å². The minimum Gasteiger partial charge on any atom is -0.504 e. The number of phenolic OH excluding ortho intramolecular Hbond substituents is 1. The molecule has 1 aliphatic rings. The summed E-state index contributed by atoms with van der Waals surface area (Å²) in [4.78, 5) is 0. The normalized spacial score (nSPS) is 20.8. The maximum Gasteiger partial charge on any atom is 0.160 e. The highest BCUT2D eigenvalue weighted by Gasteiger charge is 2.19. The second-order valence-corrected chi connectivity index (χ2v) is 4.50. The lowest BCUT2D eigenvalue weighted by atomic mass is 9.91. The highest BCUT2D eigenvalue weighted by molar-refractivity contribution is 6.31. The van der Waals surface area contributed by atoms with Gasteiger partial charge in [-0.3, -0.25) is 0 Å². The Morgan fingerprint density at radius 3 is 2.94 bits per heavy atom. The summed E-state index contributed by atoms with van der Waals surface area (Å²) in [6.45, 7) is 2.01. The van der Waals surface area contributed by atoms with Gasteiger partial charge in [0.1, 0.15) is 0 Å². The number of nitrogens with one attached hydrogen (secondary N) is 1. The van der Waals surface area contributed by atoms with E-state index in [-0.39, 0.29) is 5.75 Å². The molecule has 0 bridgehead atoms. The van der Waals surface area contributed by atoms with E-state index in [0.29, 0.717) is 16.7 Å². The monoisotopic (exact) mass is 241 g/mol. The predicted molar refractivity (Wildman–Crippen MR) is 64.5 cm³/mol. The van der Waals surface area contributed by atoms with Crippen molar-refractivity contribution in [1.82, 2.24) is 5.32 Å². The van der Waals surface area contributed by atoms with E-state index < -0.39 is 0 Å². The Morgan fingerprint density at radius 1 is 1.50 bits per heavy atom. The number of rotatable bonds is 2. The molecule has 4 heteroatoms. The summed E-state index contributed by atoms with van der Waals surface area (Å²) in [5, 5.41) is 13.6. The van der Waals surface area contributed by atoms with Gasteiger partial charge < -0.3 is 15.2 Å². The van der Waals surface area contributed by atoms with Crippen LogP contribution >= 0.6 is 11.6 Å². The molecule has 0 aliphatic carbocycles. The van der Waals surface area contributed by atoms with Gasteiger partial charge in [-0.15, -0.1) is 0 Å². The van der Waals surface area contributed by atoms with Crippen molar-refractivity contribution in [2.24, 2.45) is 0 Å². The molecule has 2 rings (SSSR count). The number of phenols is 1. The summed E-state index contributed by atoms with van der Waals surface area (Å²) >= 11 is 6.15. The molecule has 3 nitrogen and oxygen atoms in total. The molecule has 16 heavy (non-hydrogen) atoms. The van der Waals surface area contributed by atoms with Crippen molar-refractivity contribution in [1.29, 1.82) is 0 Å². The van der Waals surface area contributed by atoms with Crippen molar-refractivity contribution in [3.63, 3.8) is 0 Å².